The molecule has 27 heavy (non-hydrogen) atoms. The first-order valence-electron chi connectivity index (χ1n) is 8.90. The van der Waals surface area contributed by atoms with Crippen LogP contribution in [0.15, 0.2) is 59.5 Å². The van der Waals surface area contributed by atoms with Gasteiger partial charge in [-0.2, -0.15) is 0 Å². The van der Waals surface area contributed by atoms with Gasteiger partial charge in [0.25, 0.3) is 5.91 Å². The van der Waals surface area contributed by atoms with E-state index in [1.54, 1.807) is 12.1 Å². The van der Waals surface area contributed by atoms with Crippen molar-refractivity contribution in [2.45, 2.75) is 25.2 Å². The summed E-state index contributed by atoms with van der Waals surface area (Å²) in [5.41, 5.74) is 1.07. The predicted octanol–water partition coefficient (Wildman–Crippen LogP) is 2.36. The minimum Gasteiger partial charge on any atom is -0.484 e. The van der Waals surface area contributed by atoms with E-state index in [-0.39, 0.29) is 17.4 Å². The number of amides is 1. The molecule has 0 aliphatic heterocycles. The fourth-order valence-electron chi connectivity index (χ4n) is 2.29. The van der Waals surface area contributed by atoms with E-state index in [0.29, 0.717) is 31.2 Å². The summed E-state index contributed by atoms with van der Waals surface area (Å²) in [5, 5.41) is 2.75. The molecule has 7 heteroatoms. The molecule has 0 aliphatic carbocycles. The van der Waals surface area contributed by atoms with Crippen LogP contribution in [0.3, 0.4) is 0 Å². The summed E-state index contributed by atoms with van der Waals surface area (Å²) in [5.74, 6) is 0.605. The predicted molar refractivity (Wildman–Crippen MR) is 105 cm³/mol. The Morgan fingerprint density at radius 3 is 2.33 bits per heavy atom. The molecule has 0 atom stereocenters. The van der Waals surface area contributed by atoms with Gasteiger partial charge in [0.1, 0.15) is 5.75 Å². The Bertz CT molecular complexity index is 819. The maximum atomic E-state index is 12.3. The normalized spacial score (nSPS) is 11.4. The van der Waals surface area contributed by atoms with Crippen molar-refractivity contribution in [2.24, 2.45) is 5.92 Å². The third-order valence-corrected chi connectivity index (χ3v) is 5.24. The molecule has 0 aromatic heterocycles. The van der Waals surface area contributed by atoms with Gasteiger partial charge in [0, 0.05) is 13.1 Å². The Morgan fingerprint density at radius 1 is 1.04 bits per heavy atom. The van der Waals surface area contributed by atoms with E-state index >= 15 is 0 Å². The van der Waals surface area contributed by atoms with Gasteiger partial charge in [-0.15, -0.1) is 0 Å². The summed E-state index contributed by atoms with van der Waals surface area (Å²) in [6.07, 6.45) is 0.618. The first kappa shape index (κ1) is 20.9. The summed E-state index contributed by atoms with van der Waals surface area (Å²) >= 11 is 0. The number of rotatable bonds is 10. The lowest BCUT2D eigenvalue weighted by atomic mass is 10.2. The van der Waals surface area contributed by atoms with E-state index in [0.717, 1.165) is 5.56 Å². The van der Waals surface area contributed by atoms with Crippen molar-refractivity contribution in [1.29, 1.82) is 0 Å². The van der Waals surface area contributed by atoms with Crippen molar-refractivity contribution in [2.75, 3.05) is 19.7 Å². The Balaban J connectivity index is 1.83. The minimum absolute atomic E-state index is 0.103. The molecule has 2 N–H and O–H groups in total. The molecule has 0 bridgehead atoms. The second-order valence-corrected chi connectivity index (χ2v) is 8.36. The van der Waals surface area contributed by atoms with E-state index < -0.39 is 10.0 Å². The van der Waals surface area contributed by atoms with Crippen LogP contribution in [-0.4, -0.2) is 34.0 Å². The van der Waals surface area contributed by atoms with E-state index in [9.17, 15) is 13.2 Å². The molecule has 0 unspecified atom stereocenters. The van der Waals surface area contributed by atoms with Crippen LogP contribution in [0.2, 0.25) is 0 Å². The van der Waals surface area contributed by atoms with Crippen molar-refractivity contribution in [3.8, 4) is 5.75 Å². The van der Waals surface area contributed by atoms with Gasteiger partial charge in [-0.1, -0.05) is 44.2 Å². The number of nitrogens with one attached hydrogen (secondary N) is 2. The zero-order valence-corrected chi connectivity index (χ0v) is 16.5. The molecular weight excluding hydrogens is 364 g/mol. The highest BCUT2D eigenvalue weighted by Crippen LogP contribution is 2.16. The molecule has 0 heterocycles. The average Bonchev–Trinajstić information content (AvgIpc) is 2.66. The van der Waals surface area contributed by atoms with Crippen LogP contribution in [0.25, 0.3) is 0 Å². The number of carbonyl (C=O) groups is 1. The molecule has 0 saturated carbocycles. The van der Waals surface area contributed by atoms with Crippen molar-refractivity contribution < 1.29 is 17.9 Å². The highest BCUT2D eigenvalue weighted by atomic mass is 32.2. The van der Waals surface area contributed by atoms with Gasteiger partial charge in [0.05, 0.1) is 4.90 Å². The second kappa shape index (κ2) is 10.1. The number of ether oxygens (including phenoxy) is 1. The van der Waals surface area contributed by atoms with E-state index in [1.165, 1.54) is 12.1 Å². The van der Waals surface area contributed by atoms with Crippen LogP contribution in [0.5, 0.6) is 5.75 Å². The summed E-state index contributed by atoms with van der Waals surface area (Å²) in [7, 11) is -3.58. The standard InChI is InChI=1S/C20H26N2O4S/c1-16(2)14-21-20(23)15-26-18-8-10-19(11-9-18)27(24,25)22-13-12-17-6-4-3-5-7-17/h3-11,16,22H,12-15H2,1-2H3,(H,21,23). The van der Waals surface area contributed by atoms with Crippen LogP contribution in [0.1, 0.15) is 19.4 Å². The smallest absolute Gasteiger partial charge is 0.257 e. The SMILES string of the molecule is CC(C)CNC(=O)COc1ccc(S(=O)(=O)NCCc2ccccc2)cc1. The molecule has 0 fully saturated rings. The van der Waals surface area contributed by atoms with Crippen molar-refractivity contribution in [3.63, 3.8) is 0 Å². The lowest BCUT2D eigenvalue weighted by Crippen LogP contribution is -2.31. The summed E-state index contributed by atoms with van der Waals surface area (Å²) in [4.78, 5) is 11.8. The van der Waals surface area contributed by atoms with E-state index in [2.05, 4.69) is 10.0 Å². The van der Waals surface area contributed by atoms with Gasteiger partial charge in [0.2, 0.25) is 10.0 Å². The molecule has 2 aromatic carbocycles. The lowest BCUT2D eigenvalue weighted by Gasteiger charge is -2.10. The van der Waals surface area contributed by atoms with Gasteiger partial charge in [-0.3, -0.25) is 4.79 Å². The number of carbonyl (C=O) groups excluding carboxylic acids is 1. The number of hydrogen-bond acceptors (Lipinski definition) is 4. The van der Waals surface area contributed by atoms with Crippen molar-refractivity contribution in [3.05, 3.63) is 60.2 Å². The van der Waals surface area contributed by atoms with Crippen LogP contribution in [0, 0.1) is 5.92 Å². The van der Waals surface area contributed by atoms with Crippen molar-refractivity contribution >= 4 is 15.9 Å². The molecule has 146 valence electrons. The summed E-state index contributed by atoms with van der Waals surface area (Å²) in [6, 6.07) is 15.7. The fourth-order valence-corrected chi connectivity index (χ4v) is 3.32. The molecule has 6 nitrogen and oxygen atoms in total. The Hall–Kier alpha value is -2.38. The van der Waals surface area contributed by atoms with Gasteiger partial charge in [0.15, 0.2) is 6.61 Å². The van der Waals surface area contributed by atoms with Gasteiger partial charge < -0.3 is 10.1 Å². The molecule has 0 radical (unpaired) electrons. The maximum Gasteiger partial charge on any atom is 0.257 e. The quantitative estimate of drug-likeness (QED) is 0.652. The summed E-state index contributed by atoms with van der Waals surface area (Å²) < 4.78 is 32.6. The topological polar surface area (TPSA) is 84.5 Å². The molecule has 0 saturated heterocycles. The monoisotopic (exact) mass is 390 g/mol. The third kappa shape index (κ3) is 7.40. The van der Waals surface area contributed by atoms with Gasteiger partial charge in [-0.25, -0.2) is 13.1 Å². The Labute approximate surface area is 161 Å². The van der Waals surface area contributed by atoms with Crippen LogP contribution in [0.4, 0.5) is 0 Å². The van der Waals surface area contributed by atoms with Crippen LogP contribution in [-0.2, 0) is 21.2 Å². The fraction of sp³-hybridized carbons (Fsp3) is 0.350. The minimum atomic E-state index is -3.58. The second-order valence-electron chi connectivity index (χ2n) is 6.59. The molecule has 2 aromatic rings. The van der Waals surface area contributed by atoms with Crippen LogP contribution >= 0.6 is 0 Å². The third-order valence-electron chi connectivity index (χ3n) is 3.76. The average molecular weight is 391 g/mol. The van der Waals surface area contributed by atoms with Gasteiger partial charge in [-0.05, 0) is 42.2 Å². The molecule has 1 amide bonds. The molecule has 0 aliphatic rings. The zero-order valence-electron chi connectivity index (χ0n) is 15.6. The largest absolute Gasteiger partial charge is 0.484 e. The highest BCUT2D eigenvalue weighted by molar-refractivity contribution is 7.89. The Kier molecular flexibility index (Phi) is 7.82. The van der Waals surface area contributed by atoms with Crippen LogP contribution < -0.4 is 14.8 Å². The molecular formula is C20H26N2O4S. The van der Waals surface area contributed by atoms with Crippen molar-refractivity contribution in [1.82, 2.24) is 10.0 Å². The van der Waals surface area contributed by atoms with E-state index in [4.69, 9.17) is 4.74 Å². The number of sulfonamides is 1. The van der Waals surface area contributed by atoms with E-state index in [1.807, 2.05) is 44.2 Å². The zero-order chi connectivity index (χ0) is 19.7. The first-order chi connectivity index (χ1) is 12.9. The highest BCUT2D eigenvalue weighted by Gasteiger charge is 2.13. The number of benzene rings is 2. The number of hydrogen-bond donors (Lipinski definition) is 2. The summed E-state index contributed by atoms with van der Waals surface area (Å²) in [6.45, 7) is 4.82. The van der Waals surface area contributed by atoms with Gasteiger partial charge >= 0.3 is 0 Å². The maximum absolute atomic E-state index is 12.3. The molecule has 0 spiro atoms. The Morgan fingerprint density at radius 2 is 1.70 bits per heavy atom. The molecule has 2 rings (SSSR count). The lowest BCUT2D eigenvalue weighted by molar-refractivity contribution is -0.123. The first-order valence-corrected chi connectivity index (χ1v) is 10.4.